The number of alkyl halides is 2. The number of nitrogens with one attached hydrogen (secondary N) is 1. The Morgan fingerprint density at radius 3 is 2.62 bits per heavy atom. The maximum Gasteiger partial charge on any atom is 0.280 e. The molecule has 0 radical (unpaired) electrons. The Kier molecular flexibility index (Phi) is 4.67. The van der Waals surface area contributed by atoms with E-state index in [2.05, 4.69) is 10.4 Å². The lowest BCUT2D eigenvalue weighted by Gasteiger charge is -2.15. The van der Waals surface area contributed by atoms with Gasteiger partial charge in [0.2, 0.25) is 5.91 Å². The first kappa shape index (κ1) is 15.2. The average molecular weight is 293 g/mol. The molecule has 6 heteroatoms. The molecule has 0 aliphatic rings. The van der Waals surface area contributed by atoms with E-state index in [1.54, 1.807) is 6.92 Å². The molecule has 2 rings (SSSR count). The first-order valence-electron chi connectivity index (χ1n) is 6.64. The van der Waals surface area contributed by atoms with Crippen molar-refractivity contribution >= 4 is 5.91 Å². The van der Waals surface area contributed by atoms with Crippen LogP contribution in [-0.4, -0.2) is 15.7 Å². The lowest BCUT2D eigenvalue weighted by atomic mass is 10.1. The van der Waals surface area contributed by atoms with E-state index in [9.17, 15) is 13.6 Å². The van der Waals surface area contributed by atoms with Crippen molar-refractivity contribution in [2.75, 3.05) is 0 Å². The number of carbonyl (C=O) groups is 1. The summed E-state index contributed by atoms with van der Waals surface area (Å²) in [5, 5.41) is 6.70. The van der Waals surface area contributed by atoms with Crippen molar-refractivity contribution in [3.8, 4) is 0 Å². The van der Waals surface area contributed by atoms with Crippen LogP contribution in [0.4, 0.5) is 8.78 Å². The van der Waals surface area contributed by atoms with Crippen LogP contribution in [0.1, 0.15) is 36.3 Å². The molecule has 21 heavy (non-hydrogen) atoms. The van der Waals surface area contributed by atoms with E-state index in [0.29, 0.717) is 5.69 Å². The van der Waals surface area contributed by atoms with E-state index >= 15 is 0 Å². The molecule has 1 aromatic heterocycles. The molecule has 1 unspecified atom stereocenters. The maximum atomic E-state index is 12.8. The van der Waals surface area contributed by atoms with Gasteiger partial charge in [-0.15, -0.1) is 0 Å². The predicted octanol–water partition coefficient (Wildman–Crippen LogP) is 3.01. The zero-order valence-corrected chi connectivity index (χ0v) is 11.9. The summed E-state index contributed by atoms with van der Waals surface area (Å²) in [5.41, 5.74) is 1.18. The summed E-state index contributed by atoms with van der Waals surface area (Å²) in [6.45, 7) is 3.24. The van der Waals surface area contributed by atoms with Gasteiger partial charge < -0.3 is 5.32 Å². The summed E-state index contributed by atoms with van der Waals surface area (Å²) in [7, 11) is 0. The Morgan fingerprint density at radius 2 is 2.00 bits per heavy atom. The Bertz CT molecular complexity index is 611. The lowest BCUT2D eigenvalue weighted by molar-refractivity contribution is -0.122. The molecule has 0 saturated heterocycles. The quantitative estimate of drug-likeness (QED) is 0.921. The van der Waals surface area contributed by atoms with E-state index in [1.807, 2.05) is 37.3 Å². The van der Waals surface area contributed by atoms with Crippen molar-refractivity contribution in [2.45, 2.75) is 32.9 Å². The van der Waals surface area contributed by atoms with Crippen molar-refractivity contribution in [3.05, 3.63) is 53.3 Å². The van der Waals surface area contributed by atoms with E-state index in [1.165, 1.54) is 6.07 Å². The number of benzene rings is 1. The fourth-order valence-corrected chi connectivity index (χ4v) is 2.12. The topological polar surface area (TPSA) is 46.9 Å². The largest absolute Gasteiger partial charge is 0.348 e. The van der Waals surface area contributed by atoms with Gasteiger partial charge in [0.1, 0.15) is 12.2 Å². The lowest BCUT2D eigenvalue weighted by Crippen LogP contribution is -2.31. The number of rotatable bonds is 5. The van der Waals surface area contributed by atoms with Gasteiger partial charge in [-0.3, -0.25) is 9.48 Å². The average Bonchev–Trinajstić information content (AvgIpc) is 2.80. The summed E-state index contributed by atoms with van der Waals surface area (Å²) in [4.78, 5) is 12.0. The fraction of sp³-hybridized carbons (Fsp3) is 0.333. The van der Waals surface area contributed by atoms with Gasteiger partial charge in [-0.2, -0.15) is 5.10 Å². The van der Waals surface area contributed by atoms with Gasteiger partial charge in [0.25, 0.3) is 6.43 Å². The van der Waals surface area contributed by atoms with E-state index in [4.69, 9.17) is 0 Å². The van der Waals surface area contributed by atoms with Crippen LogP contribution in [0.2, 0.25) is 0 Å². The van der Waals surface area contributed by atoms with Crippen molar-refractivity contribution in [1.29, 1.82) is 0 Å². The first-order valence-corrected chi connectivity index (χ1v) is 6.64. The molecule has 112 valence electrons. The van der Waals surface area contributed by atoms with Gasteiger partial charge in [0, 0.05) is 0 Å². The van der Waals surface area contributed by atoms with Crippen LogP contribution < -0.4 is 5.32 Å². The zero-order chi connectivity index (χ0) is 15.4. The standard InChI is InChI=1S/C15H17F2N3O/c1-10-8-13(15(16)17)20(19-10)9-14(21)18-11(2)12-6-4-3-5-7-12/h3-8,11,15H,9H2,1-2H3,(H,18,21). The van der Waals surface area contributed by atoms with Crippen LogP contribution in [0.15, 0.2) is 36.4 Å². The van der Waals surface area contributed by atoms with Crippen LogP contribution in [0.5, 0.6) is 0 Å². The molecule has 0 aliphatic carbocycles. The van der Waals surface area contributed by atoms with E-state index < -0.39 is 6.43 Å². The second-order valence-corrected chi connectivity index (χ2v) is 4.87. The highest BCUT2D eigenvalue weighted by atomic mass is 19.3. The fourth-order valence-electron chi connectivity index (χ4n) is 2.12. The van der Waals surface area contributed by atoms with Gasteiger partial charge in [-0.1, -0.05) is 30.3 Å². The van der Waals surface area contributed by atoms with Crippen molar-refractivity contribution in [3.63, 3.8) is 0 Å². The molecular weight excluding hydrogens is 276 g/mol. The normalized spacial score (nSPS) is 12.4. The van der Waals surface area contributed by atoms with Crippen molar-refractivity contribution in [1.82, 2.24) is 15.1 Å². The highest BCUT2D eigenvalue weighted by molar-refractivity contribution is 5.76. The third kappa shape index (κ3) is 3.87. The minimum atomic E-state index is -2.65. The number of amides is 1. The Hall–Kier alpha value is -2.24. The molecule has 1 aromatic carbocycles. The third-order valence-corrected chi connectivity index (χ3v) is 3.13. The number of carbonyl (C=O) groups excluding carboxylic acids is 1. The Labute approximate surface area is 121 Å². The summed E-state index contributed by atoms with van der Waals surface area (Å²) >= 11 is 0. The molecular formula is C15H17F2N3O. The molecule has 0 spiro atoms. The summed E-state index contributed by atoms with van der Waals surface area (Å²) in [6, 6.07) is 10.5. The Balaban J connectivity index is 2.02. The summed E-state index contributed by atoms with van der Waals surface area (Å²) in [5.74, 6) is -0.351. The van der Waals surface area contributed by atoms with E-state index in [0.717, 1.165) is 10.2 Å². The molecule has 1 heterocycles. The van der Waals surface area contributed by atoms with Crippen LogP contribution in [0.25, 0.3) is 0 Å². The van der Waals surface area contributed by atoms with Crippen LogP contribution in [-0.2, 0) is 11.3 Å². The zero-order valence-electron chi connectivity index (χ0n) is 11.9. The molecule has 1 atom stereocenters. The predicted molar refractivity (Wildman–Crippen MR) is 74.9 cm³/mol. The molecule has 2 aromatic rings. The summed E-state index contributed by atoms with van der Waals surface area (Å²) in [6.07, 6.45) is -2.65. The molecule has 0 saturated carbocycles. The third-order valence-electron chi connectivity index (χ3n) is 3.13. The molecule has 0 fully saturated rings. The second-order valence-electron chi connectivity index (χ2n) is 4.87. The van der Waals surface area contributed by atoms with Gasteiger partial charge >= 0.3 is 0 Å². The smallest absolute Gasteiger partial charge is 0.280 e. The maximum absolute atomic E-state index is 12.8. The minimum absolute atomic E-state index is 0.189. The molecule has 0 bridgehead atoms. The van der Waals surface area contributed by atoms with Crippen molar-refractivity contribution in [2.24, 2.45) is 0 Å². The molecule has 1 amide bonds. The van der Waals surface area contributed by atoms with Crippen LogP contribution in [0, 0.1) is 6.92 Å². The highest BCUT2D eigenvalue weighted by Gasteiger charge is 2.18. The first-order chi connectivity index (χ1) is 9.97. The summed E-state index contributed by atoms with van der Waals surface area (Å²) < 4.78 is 26.7. The van der Waals surface area contributed by atoms with Crippen LogP contribution in [0.3, 0.4) is 0 Å². The number of hydrogen-bond donors (Lipinski definition) is 1. The second kappa shape index (κ2) is 6.47. The monoisotopic (exact) mass is 293 g/mol. The number of aromatic nitrogens is 2. The van der Waals surface area contributed by atoms with Gasteiger partial charge in [0.15, 0.2) is 0 Å². The van der Waals surface area contributed by atoms with Crippen molar-refractivity contribution < 1.29 is 13.6 Å². The van der Waals surface area contributed by atoms with Gasteiger partial charge in [0.05, 0.1) is 11.7 Å². The number of hydrogen-bond acceptors (Lipinski definition) is 2. The number of nitrogens with zero attached hydrogens (tertiary/aromatic N) is 2. The van der Waals surface area contributed by atoms with E-state index in [-0.39, 0.29) is 24.2 Å². The minimum Gasteiger partial charge on any atom is -0.348 e. The Morgan fingerprint density at radius 1 is 1.33 bits per heavy atom. The highest BCUT2D eigenvalue weighted by Crippen LogP contribution is 2.19. The van der Waals surface area contributed by atoms with Gasteiger partial charge in [-0.25, -0.2) is 8.78 Å². The SMILES string of the molecule is Cc1cc(C(F)F)n(CC(=O)NC(C)c2ccccc2)n1. The number of aryl methyl sites for hydroxylation is 1. The molecule has 1 N–H and O–H groups in total. The molecule has 4 nitrogen and oxygen atoms in total. The van der Waals surface area contributed by atoms with Gasteiger partial charge in [-0.05, 0) is 25.5 Å². The van der Waals surface area contributed by atoms with Crippen LogP contribution >= 0.6 is 0 Å². The number of halogens is 2. The molecule has 0 aliphatic heterocycles.